The SMILES string of the molecule is N/N=C(\NN)c1ccc(Cl)c(CBr)c1. The highest BCUT2D eigenvalue weighted by atomic mass is 79.9. The predicted molar refractivity (Wildman–Crippen MR) is 62.1 cm³/mol. The van der Waals surface area contributed by atoms with Gasteiger partial charge in [0.1, 0.15) is 0 Å². The summed E-state index contributed by atoms with van der Waals surface area (Å²) < 4.78 is 0. The van der Waals surface area contributed by atoms with Gasteiger partial charge in [-0.15, -0.1) is 0 Å². The van der Waals surface area contributed by atoms with Gasteiger partial charge in [0.25, 0.3) is 0 Å². The summed E-state index contributed by atoms with van der Waals surface area (Å²) in [4.78, 5) is 0. The first-order chi connectivity index (χ1) is 6.72. The number of halogens is 2. The smallest absolute Gasteiger partial charge is 0.166 e. The molecule has 0 fully saturated rings. The number of amidine groups is 1. The minimum atomic E-state index is 0.420. The number of alkyl halides is 1. The third-order valence-corrected chi connectivity index (χ3v) is 2.70. The summed E-state index contributed by atoms with van der Waals surface area (Å²) in [6, 6.07) is 5.43. The summed E-state index contributed by atoms with van der Waals surface area (Å²) in [5.41, 5.74) is 4.16. The molecule has 0 radical (unpaired) electrons. The van der Waals surface area contributed by atoms with Gasteiger partial charge in [-0.25, -0.2) is 5.84 Å². The number of hydrazone groups is 1. The van der Waals surface area contributed by atoms with E-state index >= 15 is 0 Å². The van der Waals surface area contributed by atoms with Gasteiger partial charge in [0.15, 0.2) is 5.84 Å². The second kappa shape index (κ2) is 5.19. The fourth-order valence-corrected chi connectivity index (χ4v) is 1.83. The molecule has 4 nitrogen and oxygen atoms in total. The monoisotopic (exact) mass is 276 g/mol. The molecule has 1 aromatic rings. The van der Waals surface area contributed by atoms with Crippen LogP contribution >= 0.6 is 27.5 Å². The molecular weight excluding hydrogens is 267 g/mol. The normalized spacial score (nSPS) is 11.5. The van der Waals surface area contributed by atoms with Gasteiger partial charge in [-0.05, 0) is 23.8 Å². The van der Waals surface area contributed by atoms with Gasteiger partial charge in [-0.2, -0.15) is 5.10 Å². The second-order valence-electron chi connectivity index (χ2n) is 2.56. The number of nitrogens with one attached hydrogen (secondary N) is 1. The predicted octanol–water partition coefficient (Wildman–Crippen LogP) is 1.32. The van der Waals surface area contributed by atoms with Gasteiger partial charge in [0, 0.05) is 15.9 Å². The molecule has 1 aromatic carbocycles. The van der Waals surface area contributed by atoms with Crippen molar-refractivity contribution < 1.29 is 0 Å². The van der Waals surface area contributed by atoms with Crippen LogP contribution in [0.1, 0.15) is 11.1 Å². The van der Waals surface area contributed by atoms with Crippen molar-refractivity contribution in [3.63, 3.8) is 0 Å². The second-order valence-corrected chi connectivity index (χ2v) is 3.53. The molecule has 0 bridgehead atoms. The lowest BCUT2D eigenvalue weighted by atomic mass is 10.1. The van der Waals surface area contributed by atoms with Crippen molar-refractivity contribution >= 4 is 33.4 Å². The summed E-state index contributed by atoms with van der Waals surface area (Å²) in [7, 11) is 0. The zero-order chi connectivity index (χ0) is 10.6. The number of nitrogens with two attached hydrogens (primary N) is 2. The lowest BCUT2D eigenvalue weighted by Gasteiger charge is -2.06. The average molecular weight is 278 g/mol. The third-order valence-electron chi connectivity index (χ3n) is 1.73. The summed E-state index contributed by atoms with van der Waals surface area (Å²) in [6.07, 6.45) is 0. The molecule has 0 saturated carbocycles. The summed E-state index contributed by atoms with van der Waals surface area (Å²) in [6.45, 7) is 0. The molecule has 0 aromatic heterocycles. The molecule has 0 spiro atoms. The molecule has 0 amide bonds. The molecule has 76 valence electrons. The Labute approximate surface area is 95.4 Å². The molecule has 0 atom stereocenters. The first-order valence-electron chi connectivity index (χ1n) is 3.82. The van der Waals surface area contributed by atoms with Gasteiger partial charge < -0.3 is 11.3 Å². The van der Waals surface area contributed by atoms with Crippen molar-refractivity contribution in [2.75, 3.05) is 0 Å². The van der Waals surface area contributed by atoms with Gasteiger partial charge in [0.05, 0.1) is 0 Å². The molecule has 5 N–H and O–H groups in total. The van der Waals surface area contributed by atoms with Crippen molar-refractivity contribution in [2.24, 2.45) is 16.8 Å². The van der Waals surface area contributed by atoms with E-state index in [1.54, 1.807) is 12.1 Å². The van der Waals surface area contributed by atoms with Crippen LogP contribution in [-0.2, 0) is 5.33 Å². The van der Waals surface area contributed by atoms with Crippen molar-refractivity contribution in [1.82, 2.24) is 5.43 Å². The maximum atomic E-state index is 5.93. The van der Waals surface area contributed by atoms with E-state index in [0.29, 0.717) is 16.2 Å². The van der Waals surface area contributed by atoms with Crippen LogP contribution in [0.4, 0.5) is 0 Å². The third kappa shape index (κ3) is 2.37. The average Bonchev–Trinajstić information content (AvgIpc) is 2.22. The van der Waals surface area contributed by atoms with E-state index in [9.17, 15) is 0 Å². The Morgan fingerprint density at radius 1 is 1.57 bits per heavy atom. The summed E-state index contributed by atoms with van der Waals surface area (Å²) >= 11 is 9.26. The standard InChI is InChI=1S/C8H10BrClN4/c9-4-6-3-5(1-2-7(6)10)8(13-11)14-12/h1-3H,4,11-12H2,(H,13,14). The lowest BCUT2D eigenvalue weighted by Crippen LogP contribution is -2.32. The van der Waals surface area contributed by atoms with E-state index in [1.165, 1.54) is 0 Å². The lowest BCUT2D eigenvalue weighted by molar-refractivity contribution is 1.00. The van der Waals surface area contributed by atoms with Gasteiger partial charge in [-0.1, -0.05) is 27.5 Å². The number of hydrogen-bond acceptors (Lipinski definition) is 3. The molecule has 0 unspecified atom stereocenters. The molecule has 6 heteroatoms. The minimum Gasteiger partial charge on any atom is -0.321 e. The maximum absolute atomic E-state index is 5.93. The first-order valence-corrected chi connectivity index (χ1v) is 5.32. The molecular formula is C8H10BrClN4. The van der Waals surface area contributed by atoms with Gasteiger partial charge in [-0.3, -0.25) is 0 Å². The first kappa shape index (κ1) is 11.3. The van der Waals surface area contributed by atoms with Crippen molar-refractivity contribution in [1.29, 1.82) is 0 Å². The van der Waals surface area contributed by atoms with Crippen molar-refractivity contribution in [3.05, 3.63) is 34.3 Å². The Morgan fingerprint density at radius 3 is 2.79 bits per heavy atom. The van der Waals surface area contributed by atoms with E-state index in [0.717, 1.165) is 11.1 Å². The molecule has 0 saturated heterocycles. The number of nitrogens with zero attached hydrogens (tertiary/aromatic N) is 1. The van der Waals surface area contributed by atoms with E-state index in [1.807, 2.05) is 6.07 Å². The van der Waals surface area contributed by atoms with Crippen LogP contribution in [0.25, 0.3) is 0 Å². The highest BCUT2D eigenvalue weighted by Crippen LogP contribution is 2.20. The van der Waals surface area contributed by atoms with Crippen LogP contribution in [0, 0.1) is 0 Å². The van der Waals surface area contributed by atoms with Crippen LogP contribution < -0.4 is 17.1 Å². The minimum absolute atomic E-state index is 0.420. The van der Waals surface area contributed by atoms with E-state index in [4.69, 9.17) is 23.3 Å². The van der Waals surface area contributed by atoms with Crippen LogP contribution in [0.2, 0.25) is 5.02 Å². The molecule has 0 aliphatic rings. The topological polar surface area (TPSA) is 76.4 Å². The fraction of sp³-hybridized carbons (Fsp3) is 0.125. The van der Waals surface area contributed by atoms with E-state index < -0.39 is 0 Å². The number of benzene rings is 1. The summed E-state index contributed by atoms with van der Waals surface area (Å²) in [5.74, 6) is 10.8. The van der Waals surface area contributed by atoms with E-state index in [-0.39, 0.29) is 0 Å². The molecule has 0 aliphatic heterocycles. The van der Waals surface area contributed by atoms with Crippen LogP contribution in [0.15, 0.2) is 23.3 Å². The number of rotatable bonds is 2. The van der Waals surface area contributed by atoms with Gasteiger partial charge >= 0.3 is 0 Å². The zero-order valence-electron chi connectivity index (χ0n) is 7.30. The molecule has 0 aliphatic carbocycles. The van der Waals surface area contributed by atoms with Crippen LogP contribution in [0.5, 0.6) is 0 Å². The zero-order valence-corrected chi connectivity index (χ0v) is 9.64. The van der Waals surface area contributed by atoms with Gasteiger partial charge in [0.2, 0.25) is 0 Å². The maximum Gasteiger partial charge on any atom is 0.166 e. The van der Waals surface area contributed by atoms with Crippen LogP contribution in [-0.4, -0.2) is 5.84 Å². The number of hydrazine groups is 1. The quantitative estimate of drug-likeness (QED) is 0.251. The number of hydrogen-bond donors (Lipinski definition) is 3. The Bertz CT molecular complexity index is 353. The highest BCUT2D eigenvalue weighted by molar-refractivity contribution is 9.08. The largest absolute Gasteiger partial charge is 0.321 e. The van der Waals surface area contributed by atoms with E-state index in [2.05, 4.69) is 26.5 Å². The Kier molecular flexibility index (Phi) is 4.19. The Hall–Kier alpha value is -0.780. The molecule has 14 heavy (non-hydrogen) atoms. The molecule has 0 heterocycles. The fourth-order valence-electron chi connectivity index (χ4n) is 1.02. The van der Waals surface area contributed by atoms with Crippen molar-refractivity contribution in [3.8, 4) is 0 Å². The Balaban J connectivity index is 3.12. The Morgan fingerprint density at radius 2 is 2.29 bits per heavy atom. The molecule has 1 rings (SSSR count). The van der Waals surface area contributed by atoms with Crippen LogP contribution in [0.3, 0.4) is 0 Å². The van der Waals surface area contributed by atoms with Crippen molar-refractivity contribution in [2.45, 2.75) is 5.33 Å². The summed E-state index contributed by atoms with van der Waals surface area (Å²) in [5, 5.41) is 4.87. The highest BCUT2D eigenvalue weighted by Gasteiger charge is 2.05.